The van der Waals surface area contributed by atoms with E-state index in [9.17, 15) is 66.4 Å². The van der Waals surface area contributed by atoms with Crippen LogP contribution in [0.15, 0.2) is 0 Å². The highest BCUT2D eigenvalue weighted by Gasteiger charge is 2.55. The van der Waals surface area contributed by atoms with Crippen molar-refractivity contribution in [3.63, 3.8) is 0 Å². The van der Waals surface area contributed by atoms with Crippen molar-refractivity contribution in [1.82, 2.24) is 0 Å². The zero-order chi connectivity index (χ0) is 32.6. The standard InChI is InChI=1S/C24H42O20/c1-5-9(28)12(31)16(35)22(38-5)44-20-13(32)10(29)6(2-25)41-24(20)43-19-11(30)7(3-26)40-23(17(19)36)42-18-8(4-27)39-21(37)15(34)14(18)33/h5-37H,2-4H2,1H3/t5-,6+,7+,8+,9+,10-,11-,12+,13-,14+,15+,16-,17+,18+,19-,20+,21+,22?,23-,24+/m0/s1. The predicted molar refractivity (Wildman–Crippen MR) is 132 cm³/mol. The lowest BCUT2D eigenvalue weighted by molar-refractivity contribution is -0.395. The van der Waals surface area contributed by atoms with E-state index in [0.29, 0.717) is 0 Å². The summed E-state index contributed by atoms with van der Waals surface area (Å²) < 4.78 is 38.3. The van der Waals surface area contributed by atoms with Crippen LogP contribution in [-0.2, 0) is 33.2 Å². The lowest BCUT2D eigenvalue weighted by atomic mass is 9.95. The first-order chi connectivity index (χ1) is 20.7. The van der Waals surface area contributed by atoms with E-state index in [4.69, 9.17) is 33.2 Å². The minimum atomic E-state index is -2.02. The molecule has 1 unspecified atom stereocenters. The maximum Gasteiger partial charge on any atom is 0.187 e. The van der Waals surface area contributed by atoms with E-state index in [2.05, 4.69) is 0 Å². The van der Waals surface area contributed by atoms with Crippen molar-refractivity contribution in [2.24, 2.45) is 0 Å². The van der Waals surface area contributed by atoms with Gasteiger partial charge in [0.15, 0.2) is 25.2 Å². The monoisotopic (exact) mass is 650 g/mol. The van der Waals surface area contributed by atoms with Crippen molar-refractivity contribution >= 4 is 0 Å². The minimum absolute atomic E-state index is 0.822. The van der Waals surface area contributed by atoms with Crippen LogP contribution in [0, 0.1) is 0 Å². The molecular formula is C24H42O20. The van der Waals surface area contributed by atoms with Crippen LogP contribution < -0.4 is 0 Å². The molecule has 4 saturated heterocycles. The molecule has 0 amide bonds. The summed E-state index contributed by atoms with van der Waals surface area (Å²) in [6, 6.07) is 0. The summed E-state index contributed by atoms with van der Waals surface area (Å²) in [6.07, 6.45) is -34.6. The Morgan fingerprint density at radius 2 is 0.909 bits per heavy atom. The second-order valence-corrected chi connectivity index (χ2v) is 11.1. The zero-order valence-corrected chi connectivity index (χ0v) is 23.3. The second-order valence-electron chi connectivity index (χ2n) is 11.1. The van der Waals surface area contributed by atoms with Crippen molar-refractivity contribution < 1.29 is 99.5 Å². The molecule has 20 nitrogen and oxygen atoms in total. The Kier molecular flexibility index (Phi) is 12.3. The van der Waals surface area contributed by atoms with Gasteiger partial charge in [-0.2, -0.15) is 0 Å². The first-order valence-corrected chi connectivity index (χ1v) is 14.0. The van der Waals surface area contributed by atoms with E-state index in [1.165, 1.54) is 6.92 Å². The highest BCUT2D eigenvalue weighted by atomic mass is 16.8. The van der Waals surface area contributed by atoms with Crippen molar-refractivity contribution in [3.05, 3.63) is 0 Å². The lowest BCUT2D eigenvalue weighted by Crippen LogP contribution is -2.67. The van der Waals surface area contributed by atoms with Crippen molar-refractivity contribution in [1.29, 1.82) is 0 Å². The summed E-state index contributed by atoms with van der Waals surface area (Å²) in [4.78, 5) is 0. The molecule has 258 valence electrons. The van der Waals surface area contributed by atoms with Gasteiger partial charge in [0.2, 0.25) is 0 Å². The Morgan fingerprint density at radius 3 is 1.52 bits per heavy atom. The summed E-state index contributed by atoms with van der Waals surface area (Å²) in [6.45, 7) is -1.20. The normalized spacial score (nSPS) is 53.9. The molecule has 4 aliphatic rings. The molecule has 0 aromatic rings. The highest BCUT2D eigenvalue weighted by molar-refractivity contribution is 4.97. The van der Waals surface area contributed by atoms with Crippen LogP contribution in [0.1, 0.15) is 6.92 Å². The molecular weight excluding hydrogens is 608 g/mol. The van der Waals surface area contributed by atoms with Gasteiger partial charge in [-0.15, -0.1) is 0 Å². The molecule has 0 radical (unpaired) electrons. The predicted octanol–water partition coefficient (Wildman–Crippen LogP) is -8.72. The number of ether oxygens (including phenoxy) is 7. The average molecular weight is 651 g/mol. The van der Waals surface area contributed by atoms with Crippen LogP contribution in [0.25, 0.3) is 0 Å². The molecule has 0 aromatic heterocycles. The third-order valence-electron chi connectivity index (χ3n) is 8.17. The van der Waals surface area contributed by atoms with Gasteiger partial charge in [0, 0.05) is 0 Å². The van der Waals surface area contributed by atoms with E-state index in [0.717, 1.165) is 0 Å². The number of hydrogen-bond donors (Lipinski definition) is 13. The summed E-state index contributed by atoms with van der Waals surface area (Å²) >= 11 is 0. The Hall–Kier alpha value is -0.800. The maximum atomic E-state index is 11.1. The molecule has 4 fully saturated rings. The first-order valence-electron chi connectivity index (χ1n) is 14.0. The summed E-state index contributed by atoms with van der Waals surface area (Å²) in [5, 5.41) is 133. The van der Waals surface area contributed by atoms with Gasteiger partial charge in [-0.1, -0.05) is 0 Å². The highest BCUT2D eigenvalue weighted by Crippen LogP contribution is 2.34. The smallest absolute Gasteiger partial charge is 0.187 e. The lowest BCUT2D eigenvalue weighted by Gasteiger charge is -2.49. The Labute approximate surface area is 249 Å². The molecule has 13 N–H and O–H groups in total. The van der Waals surface area contributed by atoms with Crippen LogP contribution in [0.3, 0.4) is 0 Å². The van der Waals surface area contributed by atoms with E-state index >= 15 is 0 Å². The molecule has 0 saturated carbocycles. The van der Waals surface area contributed by atoms with Gasteiger partial charge in [-0.05, 0) is 6.92 Å². The fourth-order valence-electron chi connectivity index (χ4n) is 5.46. The third kappa shape index (κ3) is 7.05. The van der Waals surface area contributed by atoms with E-state index < -0.39 is 143 Å². The fraction of sp³-hybridized carbons (Fsp3) is 1.00. The quantitative estimate of drug-likeness (QED) is 0.110. The largest absolute Gasteiger partial charge is 0.394 e. The topological polar surface area (TPSA) is 328 Å². The minimum Gasteiger partial charge on any atom is -0.394 e. The molecule has 0 aliphatic carbocycles. The second kappa shape index (κ2) is 15.0. The van der Waals surface area contributed by atoms with Gasteiger partial charge in [0.05, 0.1) is 25.9 Å². The first kappa shape index (κ1) is 36.0. The van der Waals surface area contributed by atoms with Gasteiger partial charge in [-0.25, -0.2) is 0 Å². The zero-order valence-electron chi connectivity index (χ0n) is 23.3. The van der Waals surface area contributed by atoms with Crippen molar-refractivity contribution in [2.45, 2.75) is 130 Å². The number of rotatable bonds is 9. The molecule has 4 aliphatic heterocycles. The Morgan fingerprint density at radius 1 is 0.409 bits per heavy atom. The molecule has 4 heterocycles. The van der Waals surface area contributed by atoms with E-state index in [-0.39, 0.29) is 0 Å². The average Bonchev–Trinajstić information content (AvgIpc) is 3.00. The van der Waals surface area contributed by atoms with Crippen LogP contribution in [0.2, 0.25) is 0 Å². The van der Waals surface area contributed by atoms with Gasteiger partial charge in [0.1, 0.15) is 91.6 Å². The van der Waals surface area contributed by atoms with Gasteiger partial charge >= 0.3 is 0 Å². The van der Waals surface area contributed by atoms with Gasteiger partial charge in [-0.3, -0.25) is 0 Å². The summed E-state index contributed by atoms with van der Waals surface area (Å²) in [7, 11) is 0. The van der Waals surface area contributed by atoms with Crippen molar-refractivity contribution in [3.8, 4) is 0 Å². The van der Waals surface area contributed by atoms with Crippen LogP contribution in [0.4, 0.5) is 0 Å². The van der Waals surface area contributed by atoms with Crippen LogP contribution >= 0.6 is 0 Å². The molecule has 0 aromatic carbocycles. The SMILES string of the molecule is C[C@@H]1OC(O[C@H]2[C@@H](O[C@H]3[C@@H](O)[C@@H](CO)O[C@@H](O[C@H]4[C@H](O)[C@@H](O)[C@H](O)O[C@@H]4CO)[C@@H]3O)O[C@H](CO)[C@H](O)[C@@H]2O)[C@@H](O)[C@H](O)[C@@H]1O. The van der Waals surface area contributed by atoms with Crippen LogP contribution in [-0.4, -0.2) is 209 Å². The Bertz CT molecular complexity index is 900. The molecule has 0 bridgehead atoms. The molecule has 0 spiro atoms. The maximum absolute atomic E-state index is 11.1. The molecule has 4 rings (SSSR count). The van der Waals surface area contributed by atoms with Crippen molar-refractivity contribution in [2.75, 3.05) is 19.8 Å². The van der Waals surface area contributed by atoms with Gasteiger partial charge < -0.3 is 99.5 Å². The van der Waals surface area contributed by atoms with Crippen LogP contribution in [0.5, 0.6) is 0 Å². The molecule has 44 heavy (non-hydrogen) atoms. The number of hydrogen-bond acceptors (Lipinski definition) is 20. The number of aliphatic hydroxyl groups excluding tert-OH is 13. The summed E-state index contributed by atoms with van der Waals surface area (Å²) in [5.41, 5.74) is 0. The molecule has 20 heteroatoms. The molecule has 20 atom stereocenters. The number of aliphatic hydroxyl groups is 13. The Balaban J connectivity index is 1.57. The fourth-order valence-corrected chi connectivity index (χ4v) is 5.46. The third-order valence-corrected chi connectivity index (χ3v) is 8.17. The van der Waals surface area contributed by atoms with Gasteiger partial charge in [0.25, 0.3) is 0 Å². The van der Waals surface area contributed by atoms with E-state index in [1.807, 2.05) is 0 Å². The van der Waals surface area contributed by atoms with E-state index in [1.54, 1.807) is 0 Å². The summed E-state index contributed by atoms with van der Waals surface area (Å²) in [5.74, 6) is 0.